The van der Waals surface area contributed by atoms with Gasteiger partial charge in [-0.05, 0) is 58.9 Å². The van der Waals surface area contributed by atoms with Gasteiger partial charge < -0.3 is 4.74 Å². The molecule has 3 rings (SSSR count). The smallest absolute Gasteiger partial charge is 0.421 e. The van der Waals surface area contributed by atoms with Crippen LogP contribution in [0.3, 0.4) is 0 Å². The van der Waals surface area contributed by atoms with Crippen molar-refractivity contribution in [2.75, 3.05) is 0 Å². The molecule has 3 aromatic carbocycles. The second-order valence-electron chi connectivity index (χ2n) is 7.44. The van der Waals surface area contributed by atoms with Crippen LogP contribution in [0, 0.1) is 18.6 Å². The van der Waals surface area contributed by atoms with Crippen LogP contribution < -0.4 is 4.74 Å². The molecule has 0 radical (unpaired) electrons. The maximum absolute atomic E-state index is 14.3. The first-order valence-electron chi connectivity index (χ1n) is 10.0. The average molecular weight is 468 g/mol. The topological polar surface area (TPSA) is 9.23 Å². The maximum atomic E-state index is 14.3. The number of rotatable bonds is 7. The van der Waals surface area contributed by atoms with Gasteiger partial charge in [0.05, 0.1) is 0 Å². The highest BCUT2D eigenvalue weighted by atomic mass is 19.3. The minimum Gasteiger partial charge on any atom is -0.421 e. The molecule has 0 atom stereocenters. The van der Waals surface area contributed by atoms with Crippen LogP contribution in [-0.2, 0) is 6.42 Å². The lowest BCUT2D eigenvalue weighted by molar-refractivity contribution is -0.162. The van der Waals surface area contributed by atoms with E-state index in [0.29, 0.717) is 23.3 Å². The average Bonchev–Trinajstić information content (AvgIpc) is 2.76. The number of hydrogen-bond acceptors (Lipinski definition) is 1. The number of benzene rings is 3. The Morgan fingerprint density at radius 2 is 1.39 bits per heavy atom. The minimum atomic E-state index is -5.23. The van der Waals surface area contributed by atoms with Crippen molar-refractivity contribution >= 4 is 0 Å². The third-order valence-electron chi connectivity index (χ3n) is 5.01. The van der Waals surface area contributed by atoms with Crippen molar-refractivity contribution in [1.82, 2.24) is 0 Å². The zero-order valence-electron chi connectivity index (χ0n) is 17.7. The molecule has 0 amide bonds. The molecule has 0 N–H and O–H groups in total. The van der Waals surface area contributed by atoms with E-state index in [1.807, 2.05) is 30.3 Å². The van der Waals surface area contributed by atoms with Gasteiger partial charge in [-0.2, -0.15) is 22.0 Å². The summed E-state index contributed by atoms with van der Waals surface area (Å²) in [5.41, 5.74) is 4.10. The summed E-state index contributed by atoms with van der Waals surface area (Å²) in [6.07, 6.45) is -6.59. The fourth-order valence-electron chi connectivity index (χ4n) is 3.42. The van der Waals surface area contributed by atoms with Gasteiger partial charge >= 0.3 is 12.2 Å². The first-order valence-corrected chi connectivity index (χ1v) is 10.0. The van der Waals surface area contributed by atoms with Crippen molar-refractivity contribution in [3.05, 3.63) is 89.3 Å². The molecule has 0 spiro atoms. The van der Waals surface area contributed by atoms with Gasteiger partial charge in [0.2, 0.25) is 0 Å². The highest BCUT2D eigenvalue weighted by molar-refractivity contribution is 5.74. The van der Waals surface area contributed by atoms with Crippen molar-refractivity contribution in [3.8, 4) is 28.0 Å². The lowest BCUT2D eigenvalue weighted by atomic mass is 9.95. The Kier molecular flexibility index (Phi) is 7.15. The molecular formula is C25H19F7O. The Bertz CT molecular complexity index is 1160. The van der Waals surface area contributed by atoms with Gasteiger partial charge in [-0.1, -0.05) is 55.8 Å². The van der Waals surface area contributed by atoms with E-state index < -0.39 is 35.4 Å². The predicted molar refractivity (Wildman–Crippen MR) is 112 cm³/mol. The molecule has 1 nitrogen and oxygen atoms in total. The number of hydrogen-bond donors (Lipinski definition) is 0. The molecular weight excluding hydrogens is 449 g/mol. The van der Waals surface area contributed by atoms with Crippen molar-refractivity contribution in [2.45, 2.75) is 32.8 Å². The zero-order chi connectivity index (χ0) is 24.3. The molecule has 0 aliphatic heterocycles. The summed E-state index contributed by atoms with van der Waals surface area (Å²) in [6.45, 7) is 3.80. The van der Waals surface area contributed by atoms with Gasteiger partial charge in [0.15, 0.2) is 17.4 Å². The summed E-state index contributed by atoms with van der Waals surface area (Å²) >= 11 is 0. The number of aryl methyl sites for hydroxylation is 2. The van der Waals surface area contributed by atoms with Gasteiger partial charge in [-0.25, -0.2) is 8.78 Å². The van der Waals surface area contributed by atoms with Crippen molar-refractivity contribution in [1.29, 1.82) is 0 Å². The van der Waals surface area contributed by atoms with E-state index in [1.165, 1.54) is 5.56 Å². The van der Waals surface area contributed by atoms with E-state index in [2.05, 4.69) is 11.7 Å². The molecule has 0 fully saturated rings. The largest absolute Gasteiger partial charge is 0.459 e. The summed E-state index contributed by atoms with van der Waals surface area (Å²) < 4.78 is 96.3. The minimum absolute atomic E-state index is 0.00990. The van der Waals surface area contributed by atoms with E-state index in [1.54, 1.807) is 19.1 Å². The maximum Gasteiger partial charge on any atom is 0.459 e. The SMILES string of the molecule is CCCc1ccc(-c2ccc(-c3cc(F)c(OC(F)(F)C(F)=C(F)F)c(F)c3)c(C)c2)cc1. The molecule has 0 aliphatic rings. The lowest BCUT2D eigenvalue weighted by Crippen LogP contribution is -2.27. The summed E-state index contributed by atoms with van der Waals surface area (Å²) in [5, 5.41) is 0. The first kappa shape index (κ1) is 24.4. The van der Waals surface area contributed by atoms with Gasteiger partial charge in [0.25, 0.3) is 5.83 Å². The van der Waals surface area contributed by atoms with E-state index in [4.69, 9.17) is 0 Å². The second kappa shape index (κ2) is 9.68. The molecule has 0 aromatic heterocycles. The number of alkyl halides is 2. The van der Waals surface area contributed by atoms with Gasteiger partial charge in [-0.15, -0.1) is 0 Å². The monoisotopic (exact) mass is 468 g/mol. The number of halogens is 7. The highest BCUT2D eigenvalue weighted by Gasteiger charge is 2.43. The fraction of sp³-hybridized carbons (Fsp3) is 0.200. The fourth-order valence-corrected chi connectivity index (χ4v) is 3.42. The van der Waals surface area contributed by atoms with Crippen LogP contribution in [-0.4, -0.2) is 6.11 Å². The van der Waals surface area contributed by atoms with Gasteiger partial charge in [0, 0.05) is 0 Å². The molecule has 174 valence electrons. The molecule has 3 aromatic rings. The standard InChI is InChI=1S/C25H19F7O/c1-3-4-15-5-7-16(8-6-15)17-9-10-19(14(2)11-17)18-12-20(26)22(21(27)13-18)33-25(31,32)23(28)24(29)30/h5-13H,3-4H2,1-2H3. The van der Waals surface area contributed by atoms with Crippen LogP contribution in [0.2, 0.25) is 0 Å². The molecule has 0 aliphatic carbocycles. The first-order chi connectivity index (χ1) is 15.5. The molecule has 0 heterocycles. The van der Waals surface area contributed by atoms with Crippen molar-refractivity contribution < 1.29 is 35.5 Å². The summed E-state index contributed by atoms with van der Waals surface area (Å²) in [6, 6.07) is 14.6. The summed E-state index contributed by atoms with van der Waals surface area (Å²) in [5.74, 6) is -8.07. The Labute approximate surface area is 186 Å². The van der Waals surface area contributed by atoms with E-state index in [0.717, 1.165) is 24.0 Å². The Morgan fingerprint density at radius 3 is 1.91 bits per heavy atom. The summed E-state index contributed by atoms with van der Waals surface area (Å²) in [4.78, 5) is 0. The normalized spacial score (nSPS) is 11.4. The van der Waals surface area contributed by atoms with Crippen molar-refractivity contribution in [2.24, 2.45) is 0 Å². The van der Waals surface area contributed by atoms with Crippen LogP contribution in [0.1, 0.15) is 24.5 Å². The molecule has 8 heteroatoms. The predicted octanol–water partition coefficient (Wildman–Crippen LogP) is 8.61. The molecule has 0 saturated heterocycles. The second-order valence-corrected chi connectivity index (χ2v) is 7.44. The quantitative estimate of drug-likeness (QED) is 0.316. The lowest BCUT2D eigenvalue weighted by Gasteiger charge is -2.17. The molecule has 0 saturated carbocycles. The van der Waals surface area contributed by atoms with Gasteiger partial charge in [-0.3, -0.25) is 0 Å². The van der Waals surface area contributed by atoms with E-state index >= 15 is 0 Å². The molecule has 0 bridgehead atoms. The third kappa shape index (κ3) is 5.38. The molecule has 0 unspecified atom stereocenters. The Balaban J connectivity index is 1.92. The van der Waals surface area contributed by atoms with Crippen LogP contribution in [0.15, 0.2) is 66.5 Å². The van der Waals surface area contributed by atoms with Crippen LogP contribution in [0.4, 0.5) is 30.7 Å². The summed E-state index contributed by atoms with van der Waals surface area (Å²) in [7, 11) is 0. The van der Waals surface area contributed by atoms with Gasteiger partial charge in [0.1, 0.15) is 0 Å². The Hall–Kier alpha value is -3.29. The van der Waals surface area contributed by atoms with E-state index in [9.17, 15) is 30.7 Å². The van der Waals surface area contributed by atoms with Crippen LogP contribution in [0.25, 0.3) is 22.3 Å². The van der Waals surface area contributed by atoms with Crippen LogP contribution in [0.5, 0.6) is 5.75 Å². The molecule has 33 heavy (non-hydrogen) atoms. The number of ether oxygens (including phenoxy) is 1. The van der Waals surface area contributed by atoms with Crippen molar-refractivity contribution in [3.63, 3.8) is 0 Å². The third-order valence-corrected chi connectivity index (χ3v) is 5.01. The Morgan fingerprint density at radius 1 is 0.818 bits per heavy atom. The van der Waals surface area contributed by atoms with Crippen LogP contribution >= 0.6 is 0 Å². The van der Waals surface area contributed by atoms with E-state index in [-0.39, 0.29) is 5.56 Å². The highest BCUT2D eigenvalue weighted by Crippen LogP contribution is 2.37. The zero-order valence-corrected chi connectivity index (χ0v) is 17.7.